The van der Waals surface area contributed by atoms with Gasteiger partial charge in [-0.15, -0.1) is 6.58 Å². The number of anilines is 1. The molecule has 4 nitrogen and oxygen atoms in total. The van der Waals surface area contributed by atoms with Crippen molar-refractivity contribution in [3.63, 3.8) is 0 Å². The first-order valence-corrected chi connectivity index (χ1v) is 5.04. The highest BCUT2D eigenvalue weighted by Gasteiger charge is 2.15. The summed E-state index contributed by atoms with van der Waals surface area (Å²) < 4.78 is 0. The zero-order valence-corrected chi connectivity index (χ0v) is 9.04. The molecule has 0 aliphatic carbocycles. The van der Waals surface area contributed by atoms with Gasteiger partial charge in [0.25, 0.3) is 0 Å². The van der Waals surface area contributed by atoms with Crippen LogP contribution >= 0.6 is 0 Å². The number of benzene rings is 1. The van der Waals surface area contributed by atoms with Gasteiger partial charge in [-0.1, -0.05) is 24.3 Å². The molecule has 4 heteroatoms. The average molecular weight is 220 g/mol. The van der Waals surface area contributed by atoms with Crippen LogP contribution in [0.4, 0.5) is 5.69 Å². The first kappa shape index (κ1) is 12.3. The van der Waals surface area contributed by atoms with Gasteiger partial charge in [-0.3, -0.25) is 4.79 Å². The molecule has 1 atom stereocenters. The first-order chi connectivity index (χ1) is 7.65. The summed E-state index contributed by atoms with van der Waals surface area (Å²) >= 11 is 0. The number of nitrogens with two attached hydrogens (primary N) is 1. The van der Waals surface area contributed by atoms with Crippen molar-refractivity contribution in [2.75, 3.05) is 18.0 Å². The van der Waals surface area contributed by atoms with Gasteiger partial charge in [0, 0.05) is 18.8 Å². The van der Waals surface area contributed by atoms with E-state index in [9.17, 15) is 4.79 Å². The van der Waals surface area contributed by atoms with E-state index in [1.165, 1.54) is 0 Å². The van der Waals surface area contributed by atoms with Gasteiger partial charge in [-0.05, 0) is 12.1 Å². The van der Waals surface area contributed by atoms with Crippen LogP contribution in [0.3, 0.4) is 0 Å². The summed E-state index contributed by atoms with van der Waals surface area (Å²) in [5, 5.41) is 8.77. The molecule has 0 saturated carbocycles. The summed E-state index contributed by atoms with van der Waals surface area (Å²) in [5.74, 6) is -0.995. The largest absolute Gasteiger partial charge is 0.480 e. The van der Waals surface area contributed by atoms with Gasteiger partial charge < -0.3 is 15.7 Å². The summed E-state index contributed by atoms with van der Waals surface area (Å²) in [6, 6.07) is 8.65. The zero-order valence-electron chi connectivity index (χ0n) is 9.04. The van der Waals surface area contributed by atoms with E-state index in [0.717, 1.165) is 5.69 Å². The molecule has 0 amide bonds. The molecule has 1 aromatic carbocycles. The predicted octanol–water partition coefficient (Wildman–Crippen LogP) is 1.09. The zero-order chi connectivity index (χ0) is 12.0. The SMILES string of the molecule is C=CCN(CC(N)C(=O)O)c1ccccc1. The van der Waals surface area contributed by atoms with Crippen LogP contribution in [0.15, 0.2) is 43.0 Å². The van der Waals surface area contributed by atoms with E-state index >= 15 is 0 Å². The van der Waals surface area contributed by atoms with Crippen LogP contribution in [0, 0.1) is 0 Å². The molecule has 0 aromatic heterocycles. The molecule has 16 heavy (non-hydrogen) atoms. The molecule has 0 saturated heterocycles. The Morgan fingerprint density at radius 1 is 1.50 bits per heavy atom. The lowest BCUT2D eigenvalue weighted by molar-refractivity contribution is -0.138. The van der Waals surface area contributed by atoms with Crippen LogP contribution in [0.1, 0.15) is 0 Å². The molecule has 86 valence electrons. The second-order valence-corrected chi connectivity index (χ2v) is 3.47. The molecule has 0 radical (unpaired) electrons. The molecule has 0 fully saturated rings. The lowest BCUT2D eigenvalue weighted by Crippen LogP contribution is -2.42. The second kappa shape index (κ2) is 5.92. The molecular formula is C12H16N2O2. The maximum Gasteiger partial charge on any atom is 0.322 e. The lowest BCUT2D eigenvalue weighted by atomic mass is 10.2. The van der Waals surface area contributed by atoms with Crippen LogP contribution in [0.2, 0.25) is 0 Å². The number of carbonyl (C=O) groups is 1. The van der Waals surface area contributed by atoms with E-state index in [4.69, 9.17) is 10.8 Å². The van der Waals surface area contributed by atoms with E-state index in [0.29, 0.717) is 6.54 Å². The third kappa shape index (κ3) is 3.40. The minimum atomic E-state index is -0.995. The standard InChI is InChI=1S/C12H16N2O2/c1-2-8-14(9-11(13)12(15)16)10-6-4-3-5-7-10/h2-7,11H,1,8-9,13H2,(H,15,16). The van der Waals surface area contributed by atoms with E-state index in [2.05, 4.69) is 6.58 Å². The normalized spacial score (nSPS) is 11.8. The fraction of sp³-hybridized carbons (Fsp3) is 0.250. The fourth-order valence-corrected chi connectivity index (χ4v) is 1.40. The summed E-state index contributed by atoms with van der Waals surface area (Å²) in [5.41, 5.74) is 6.45. The molecule has 3 N–H and O–H groups in total. The Morgan fingerprint density at radius 3 is 2.62 bits per heavy atom. The number of hydrogen-bond acceptors (Lipinski definition) is 3. The van der Waals surface area contributed by atoms with Gasteiger partial charge in [0.2, 0.25) is 0 Å². The number of para-hydroxylation sites is 1. The van der Waals surface area contributed by atoms with Gasteiger partial charge >= 0.3 is 5.97 Å². The molecule has 0 heterocycles. The molecule has 1 aromatic rings. The summed E-state index contributed by atoms with van der Waals surface area (Å²) in [6.07, 6.45) is 1.72. The molecule has 1 unspecified atom stereocenters. The predicted molar refractivity (Wildman–Crippen MR) is 64.5 cm³/mol. The Bertz CT molecular complexity index is 351. The molecular weight excluding hydrogens is 204 g/mol. The van der Waals surface area contributed by atoms with Crippen molar-refractivity contribution in [3.05, 3.63) is 43.0 Å². The van der Waals surface area contributed by atoms with Crippen LogP contribution in [0.25, 0.3) is 0 Å². The van der Waals surface area contributed by atoms with Crippen LogP contribution in [-0.2, 0) is 4.79 Å². The molecule has 0 aliphatic rings. The van der Waals surface area contributed by atoms with Gasteiger partial charge in [-0.2, -0.15) is 0 Å². The highest BCUT2D eigenvalue weighted by molar-refractivity contribution is 5.74. The van der Waals surface area contributed by atoms with E-state index in [1.54, 1.807) is 6.08 Å². The monoisotopic (exact) mass is 220 g/mol. The van der Waals surface area contributed by atoms with Gasteiger partial charge in [0.05, 0.1) is 0 Å². The smallest absolute Gasteiger partial charge is 0.322 e. The molecule has 1 rings (SSSR count). The van der Waals surface area contributed by atoms with Crippen molar-refractivity contribution >= 4 is 11.7 Å². The number of hydrogen-bond donors (Lipinski definition) is 2. The number of aliphatic carboxylic acids is 1. The topological polar surface area (TPSA) is 66.6 Å². The van der Waals surface area contributed by atoms with E-state index < -0.39 is 12.0 Å². The minimum Gasteiger partial charge on any atom is -0.480 e. The summed E-state index contributed by atoms with van der Waals surface area (Å²) in [6.45, 7) is 4.49. The van der Waals surface area contributed by atoms with Gasteiger partial charge in [0.15, 0.2) is 0 Å². The Morgan fingerprint density at radius 2 is 2.12 bits per heavy atom. The Hall–Kier alpha value is -1.81. The maximum atomic E-state index is 10.7. The first-order valence-electron chi connectivity index (χ1n) is 5.04. The maximum absolute atomic E-state index is 10.7. The van der Waals surface area contributed by atoms with Crippen molar-refractivity contribution in [1.29, 1.82) is 0 Å². The number of carboxylic acid groups (broad SMARTS) is 1. The highest BCUT2D eigenvalue weighted by Crippen LogP contribution is 2.13. The Labute approximate surface area is 95.0 Å². The fourth-order valence-electron chi connectivity index (χ4n) is 1.40. The second-order valence-electron chi connectivity index (χ2n) is 3.47. The van der Waals surface area contributed by atoms with E-state index in [-0.39, 0.29) is 6.54 Å². The summed E-state index contributed by atoms with van der Waals surface area (Å²) in [4.78, 5) is 12.6. The van der Waals surface area contributed by atoms with Gasteiger partial charge in [0.1, 0.15) is 6.04 Å². The van der Waals surface area contributed by atoms with Crippen LogP contribution in [-0.4, -0.2) is 30.2 Å². The molecule has 0 aliphatic heterocycles. The van der Waals surface area contributed by atoms with E-state index in [1.807, 2.05) is 35.2 Å². The molecule has 0 spiro atoms. The van der Waals surface area contributed by atoms with Crippen LogP contribution in [0.5, 0.6) is 0 Å². The Balaban J connectivity index is 2.75. The van der Waals surface area contributed by atoms with Crippen LogP contribution < -0.4 is 10.6 Å². The quantitative estimate of drug-likeness (QED) is 0.704. The number of nitrogens with zero attached hydrogens (tertiary/aromatic N) is 1. The van der Waals surface area contributed by atoms with Crippen molar-refractivity contribution in [2.45, 2.75) is 6.04 Å². The average Bonchev–Trinajstić information content (AvgIpc) is 2.29. The summed E-state index contributed by atoms with van der Waals surface area (Å²) in [7, 11) is 0. The van der Waals surface area contributed by atoms with Gasteiger partial charge in [-0.25, -0.2) is 0 Å². The van der Waals surface area contributed by atoms with Crippen molar-refractivity contribution in [1.82, 2.24) is 0 Å². The van der Waals surface area contributed by atoms with Crippen molar-refractivity contribution < 1.29 is 9.90 Å². The highest BCUT2D eigenvalue weighted by atomic mass is 16.4. The minimum absolute atomic E-state index is 0.269. The third-order valence-electron chi connectivity index (χ3n) is 2.21. The van der Waals surface area contributed by atoms with Crippen molar-refractivity contribution in [2.24, 2.45) is 5.73 Å². The lowest BCUT2D eigenvalue weighted by Gasteiger charge is -2.24. The van der Waals surface area contributed by atoms with Crippen molar-refractivity contribution in [3.8, 4) is 0 Å². The number of carboxylic acids is 1. The molecule has 0 bridgehead atoms. The third-order valence-corrected chi connectivity index (χ3v) is 2.21. The number of rotatable bonds is 6. The Kier molecular flexibility index (Phi) is 4.54.